The molecule has 1 unspecified atom stereocenters. The lowest BCUT2D eigenvalue weighted by Crippen LogP contribution is -2.21. The van der Waals surface area contributed by atoms with E-state index in [2.05, 4.69) is 15.9 Å². The zero-order chi connectivity index (χ0) is 11.4. The van der Waals surface area contributed by atoms with Gasteiger partial charge in [0, 0.05) is 4.47 Å². The molecule has 0 bridgehead atoms. The maximum Gasteiger partial charge on any atom is 0.200 e. The Labute approximate surface area is 93.4 Å². The molecule has 84 valence electrons. The van der Waals surface area contributed by atoms with Crippen LogP contribution in [-0.2, 0) is 0 Å². The lowest BCUT2D eigenvalue weighted by Gasteiger charge is -2.11. The fourth-order valence-electron chi connectivity index (χ4n) is 0.876. The molecule has 2 N–H and O–H groups in total. The Balaban J connectivity index is 2.76. The molecular weight excluding hydrogens is 274 g/mol. The Morgan fingerprint density at radius 3 is 2.67 bits per heavy atom. The van der Waals surface area contributed by atoms with Crippen LogP contribution < -0.4 is 4.74 Å². The van der Waals surface area contributed by atoms with Gasteiger partial charge in [0.1, 0.15) is 12.7 Å². The predicted octanol–water partition coefficient (Wildman–Crippen LogP) is 1.46. The molecular formula is C9H9BrF2O3. The maximum absolute atomic E-state index is 13.1. The van der Waals surface area contributed by atoms with Crippen LogP contribution in [0.1, 0.15) is 0 Å². The zero-order valence-electron chi connectivity index (χ0n) is 7.58. The molecule has 0 amide bonds. The number of aliphatic hydroxyl groups is 2. The van der Waals surface area contributed by atoms with Gasteiger partial charge in [-0.1, -0.05) is 15.9 Å². The lowest BCUT2D eigenvalue weighted by atomic mass is 10.3. The topological polar surface area (TPSA) is 49.7 Å². The summed E-state index contributed by atoms with van der Waals surface area (Å²) in [5.74, 6) is -2.48. The van der Waals surface area contributed by atoms with Crippen molar-refractivity contribution in [2.75, 3.05) is 13.2 Å². The molecule has 0 aromatic heterocycles. The van der Waals surface area contributed by atoms with E-state index in [0.717, 1.165) is 6.07 Å². The minimum Gasteiger partial charge on any atom is -0.488 e. The van der Waals surface area contributed by atoms with Gasteiger partial charge in [-0.2, -0.15) is 4.39 Å². The molecule has 0 spiro atoms. The van der Waals surface area contributed by atoms with E-state index in [9.17, 15) is 8.78 Å². The van der Waals surface area contributed by atoms with Gasteiger partial charge < -0.3 is 14.9 Å². The van der Waals surface area contributed by atoms with E-state index < -0.39 is 24.3 Å². The van der Waals surface area contributed by atoms with E-state index in [1.165, 1.54) is 6.07 Å². The summed E-state index contributed by atoms with van der Waals surface area (Å²) in [5, 5.41) is 17.4. The van der Waals surface area contributed by atoms with Gasteiger partial charge >= 0.3 is 0 Å². The third-order valence-electron chi connectivity index (χ3n) is 1.60. The molecule has 0 heterocycles. The maximum atomic E-state index is 13.1. The summed E-state index contributed by atoms with van der Waals surface area (Å²) in [5.41, 5.74) is 0. The standard InChI is InChI=1S/C9H9BrF2O3/c10-5-1-7(11)9(12)8(2-5)15-4-6(14)3-13/h1-2,6,13-14H,3-4H2. The number of ether oxygens (including phenoxy) is 1. The van der Waals surface area contributed by atoms with Crippen molar-refractivity contribution in [3.63, 3.8) is 0 Å². The Morgan fingerprint density at radius 2 is 2.07 bits per heavy atom. The molecule has 6 heteroatoms. The second-order valence-electron chi connectivity index (χ2n) is 2.85. The molecule has 0 saturated heterocycles. The van der Waals surface area contributed by atoms with Crippen LogP contribution in [0.3, 0.4) is 0 Å². The fourth-order valence-corrected chi connectivity index (χ4v) is 1.28. The van der Waals surface area contributed by atoms with Gasteiger partial charge in [-0.15, -0.1) is 0 Å². The average Bonchev–Trinajstić information content (AvgIpc) is 2.20. The number of benzene rings is 1. The zero-order valence-corrected chi connectivity index (χ0v) is 9.17. The number of hydrogen-bond acceptors (Lipinski definition) is 3. The first-order valence-electron chi connectivity index (χ1n) is 4.11. The van der Waals surface area contributed by atoms with Gasteiger partial charge in [0.05, 0.1) is 6.61 Å². The second kappa shape index (κ2) is 5.39. The Hall–Kier alpha value is -0.720. The average molecular weight is 283 g/mol. The monoisotopic (exact) mass is 282 g/mol. The van der Waals surface area contributed by atoms with Gasteiger partial charge in [-0.3, -0.25) is 0 Å². The van der Waals surface area contributed by atoms with Crippen molar-refractivity contribution in [3.05, 3.63) is 28.2 Å². The molecule has 0 radical (unpaired) electrons. The molecule has 0 aliphatic carbocycles. The van der Waals surface area contributed by atoms with Gasteiger partial charge in [0.15, 0.2) is 11.6 Å². The van der Waals surface area contributed by atoms with Crippen molar-refractivity contribution >= 4 is 15.9 Å². The van der Waals surface area contributed by atoms with Gasteiger partial charge in [-0.05, 0) is 12.1 Å². The largest absolute Gasteiger partial charge is 0.488 e. The first-order valence-corrected chi connectivity index (χ1v) is 4.90. The van der Waals surface area contributed by atoms with Crippen LogP contribution in [0.4, 0.5) is 8.78 Å². The van der Waals surface area contributed by atoms with E-state index in [1.54, 1.807) is 0 Å². The first kappa shape index (κ1) is 12.4. The normalized spacial score (nSPS) is 12.6. The summed E-state index contributed by atoms with van der Waals surface area (Å²) < 4.78 is 31.0. The highest BCUT2D eigenvalue weighted by molar-refractivity contribution is 9.10. The molecule has 0 aliphatic heterocycles. The molecule has 0 saturated carbocycles. The van der Waals surface area contributed by atoms with Crippen LogP contribution in [0, 0.1) is 11.6 Å². The molecule has 1 aromatic carbocycles. The summed E-state index contributed by atoms with van der Waals surface area (Å²) in [6.45, 7) is -0.804. The van der Waals surface area contributed by atoms with E-state index in [4.69, 9.17) is 14.9 Å². The summed E-state index contributed by atoms with van der Waals surface area (Å²) in [6, 6.07) is 2.20. The molecule has 15 heavy (non-hydrogen) atoms. The van der Waals surface area contributed by atoms with E-state index >= 15 is 0 Å². The molecule has 1 atom stereocenters. The third kappa shape index (κ3) is 3.40. The third-order valence-corrected chi connectivity index (χ3v) is 2.06. The summed E-state index contributed by atoms with van der Waals surface area (Å²) in [7, 11) is 0. The number of hydrogen-bond donors (Lipinski definition) is 2. The Kier molecular flexibility index (Phi) is 4.44. The highest BCUT2D eigenvalue weighted by Crippen LogP contribution is 2.25. The minimum atomic E-state index is -1.12. The summed E-state index contributed by atoms with van der Waals surface area (Å²) in [4.78, 5) is 0. The molecule has 0 fully saturated rings. The molecule has 0 aliphatic rings. The second-order valence-corrected chi connectivity index (χ2v) is 3.76. The van der Waals surface area contributed by atoms with Crippen LogP contribution in [0.2, 0.25) is 0 Å². The SMILES string of the molecule is OCC(O)COc1cc(Br)cc(F)c1F. The summed E-state index contributed by atoms with van der Waals surface area (Å²) in [6.07, 6.45) is -1.12. The highest BCUT2D eigenvalue weighted by atomic mass is 79.9. The predicted molar refractivity (Wildman–Crippen MR) is 52.6 cm³/mol. The molecule has 3 nitrogen and oxygen atoms in total. The highest BCUT2D eigenvalue weighted by Gasteiger charge is 2.12. The van der Waals surface area contributed by atoms with Crippen LogP contribution in [0.25, 0.3) is 0 Å². The van der Waals surface area contributed by atoms with Gasteiger partial charge in [0.2, 0.25) is 5.82 Å². The van der Waals surface area contributed by atoms with Crippen LogP contribution in [-0.4, -0.2) is 29.5 Å². The van der Waals surface area contributed by atoms with Crippen molar-refractivity contribution < 1.29 is 23.7 Å². The fraction of sp³-hybridized carbons (Fsp3) is 0.333. The van der Waals surface area contributed by atoms with Crippen molar-refractivity contribution in [3.8, 4) is 5.75 Å². The molecule has 1 aromatic rings. The van der Waals surface area contributed by atoms with Gasteiger partial charge in [0.25, 0.3) is 0 Å². The molecule has 1 rings (SSSR count). The van der Waals surface area contributed by atoms with Crippen LogP contribution in [0.15, 0.2) is 16.6 Å². The first-order chi connectivity index (χ1) is 7.04. The number of aliphatic hydroxyl groups excluding tert-OH is 2. The smallest absolute Gasteiger partial charge is 0.200 e. The minimum absolute atomic E-state index is 0.302. The van der Waals surface area contributed by atoms with E-state index in [-0.39, 0.29) is 12.4 Å². The van der Waals surface area contributed by atoms with Crippen LogP contribution >= 0.6 is 15.9 Å². The van der Waals surface area contributed by atoms with Crippen molar-refractivity contribution in [1.29, 1.82) is 0 Å². The van der Waals surface area contributed by atoms with Crippen molar-refractivity contribution in [2.24, 2.45) is 0 Å². The number of rotatable bonds is 4. The summed E-state index contributed by atoms with van der Waals surface area (Å²) >= 11 is 2.97. The lowest BCUT2D eigenvalue weighted by molar-refractivity contribution is 0.0521. The Morgan fingerprint density at radius 1 is 1.40 bits per heavy atom. The van der Waals surface area contributed by atoms with Crippen molar-refractivity contribution in [2.45, 2.75) is 6.10 Å². The quantitative estimate of drug-likeness (QED) is 0.822. The number of halogens is 3. The van der Waals surface area contributed by atoms with Gasteiger partial charge in [-0.25, -0.2) is 4.39 Å². The van der Waals surface area contributed by atoms with Crippen LogP contribution in [0.5, 0.6) is 5.75 Å². The van der Waals surface area contributed by atoms with Crippen molar-refractivity contribution in [1.82, 2.24) is 0 Å². The van der Waals surface area contributed by atoms with E-state index in [1.807, 2.05) is 0 Å². The van der Waals surface area contributed by atoms with E-state index in [0.29, 0.717) is 4.47 Å². The Bertz CT molecular complexity index is 346.